The molecule has 0 bridgehead atoms. The number of nitrogens with zero attached hydrogens (tertiary/aromatic N) is 2. The number of para-hydroxylation sites is 2. The van der Waals surface area contributed by atoms with E-state index in [0.29, 0.717) is 17.5 Å². The number of esters is 1. The number of benzene rings is 2. The van der Waals surface area contributed by atoms with Crippen molar-refractivity contribution in [2.45, 2.75) is 57.0 Å². The molecule has 2 aromatic carbocycles. The summed E-state index contributed by atoms with van der Waals surface area (Å²) in [5, 5.41) is 25.6. The number of rotatable bonds is 10. The van der Waals surface area contributed by atoms with Gasteiger partial charge in [-0.2, -0.15) is 0 Å². The van der Waals surface area contributed by atoms with Crippen LogP contribution in [0.2, 0.25) is 0 Å². The molecule has 0 aromatic heterocycles. The van der Waals surface area contributed by atoms with Crippen molar-refractivity contribution in [3.05, 3.63) is 59.7 Å². The normalized spacial score (nSPS) is 22.3. The molecular formula is C28H32N4O8. The van der Waals surface area contributed by atoms with Gasteiger partial charge in [0.05, 0.1) is 18.2 Å². The van der Waals surface area contributed by atoms with E-state index in [1.54, 1.807) is 50.2 Å². The monoisotopic (exact) mass is 552 g/mol. The fourth-order valence-electron chi connectivity index (χ4n) is 4.39. The summed E-state index contributed by atoms with van der Waals surface area (Å²) in [6, 6.07) is 10.4. The van der Waals surface area contributed by atoms with Crippen molar-refractivity contribution in [3.63, 3.8) is 0 Å². The Labute approximate surface area is 231 Å². The summed E-state index contributed by atoms with van der Waals surface area (Å²) in [7, 11) is 1.22. The molecule has 0 saturated heterocycles. The van der Waals surface area contributed by atoms with Gasteiger partial charge >= 0.3 is 5.97 Å². The number of phenols is 2. The second-order valence-electron chi connectivity index (χ2n) is 9.46. The van der Waals surface area contributed by atoms with Crippen LogP contribution in [0.1, 0.15) is 37.8 Å². The van der Waals surface area contributed by atoms with E-state index in [1.165, 1.54) is 19.2 Å². The van der Waals surface area contributed by atoms with E-state index in [-0.39, 0.29) is 42.2 Å². The average Bonchev–Trinajstić information content (AvgIpc) is 3.52. The molecule has 2 aliphatic rings. The van der Waals surface area contributed by atoms with Crippen molar-refractivity contribution >= 4 is 29.6 Å². The third-order valence-corrected chi connectivity index (χ3v) is 6.57. The fourth-order valence-corrected chi connectivity index (χ4v) is 4.39. The highest BCUT2D eigenvalue weighted by molar-refractivity contribution is 6.01. The minimum absolute atomic E-state index is 0.00379. The number of carbonyl (C=O) groups excluding carboxylic acids is 3. The lowest BCUT2D eigenvalue weighted by molar-refractivity contribution is -0.145. The maximum absolute atomic E-state index is 13.0. The summed E-state index contributed by atoms with van der Waals surface area (Å²) in [5.41, 5.74) is 0.768. The number of phenolic OH excluding ortho intramolecular Hbond substituents is 2. The molecular weight excluding hydrogens is 520 g/mol. The molecule has 2 amide bonds. The first-order valence-electron chi connectivity index (χ1n) is 12.9. The Hall–Kier alpha value is -4.61. The van der Waals surface area contributed by atoms with Crippen LogP contribution in [0, 0.1) is 0 Å². The van der Waals surface area contributed by atoms with E-state index in [0.717, 1.165) is 0 Å². The molecule has 0 aliphatic carbocycles. The minimum atomic E-state index is -0.967. The van der Waals surface area contributed by atoms with Gasteiger partial charge in [0.25, 0.3) is 0 Å². The molecule has 4 N–H and O–H groups in total. The Morgan fingerprint density at radius 3 is 1.88 bits per heavy atom. The van der Waals surface area contributed by atoms with Gasteiger partial charge in [0.2, 0.25) is 23.6 Å². The van der Waals surface area contributed by atoms with Crippen molar-refractivity contribution in [2.24, 2.45) is 9.98 Å². The Morgan fingerprint density at radius 2 is 1.38 bits per heavy atom. The molecule has 0 radical (unpaired) electrons. The molecule has 2 aliphatic heterocycles. The van der Waals surface area contributed by atoms with Gasteiger partial charge < -0.3 is 35.1 Å². The van der Waals surface area contributed by atoms with Crippen LogP contribution in [0.3, 0.4) is 0 Å². The van der Waals surface area contributed by atoms with Crippen molar-refractivity contribution in [1.82, 2.24) is 10.6 Å². The summed E-state index contributed by atoms with van der Waals surface area (Å²) in [6.07, 6.45) is -0.603. The van der Waals surface area contributed by atoms with E-state index >= 15 is 0 Å². The van der Waals surface area contributed by atoms with Gasteiger partial charge in [-0.25, -0.2) is 14.8 Å². The summed E-state index contributed by atoms with van der Waals surface area (Å²) in [6.45, 7) is 3.60. The van der Waals surface area contributed by atoms with Gasteiger partial charge in [-0.3, -0.25) is 9.59 Å². The first-order chi connectivity index (χ1) is 19.2. The number of aromatic hydroxyl groups is 2. The van der Waals surface area contributed by atoms with E-state index in [2.05, 4.69) is 20.6 Å². The smallest absolute Gasteiger partial charge is 0.328 e. The summed E-state index contributed by atoms with van der Waals surface area (Å²) < 4.78 is 16.2. The predicted octanol–water partition coefficient (Wildman–Crippen LogP) is 1.42. The summed E-state index contributed by atoms with van der Waals surface area (Å²) >= 11 is 0. The van der Waals surface area contributed by atoms with Gasteiger partial charge in [-0.15, -0.1) is 0 Å². The van der Waals surface area contributed by atoms with Crippen LogP contribution < -0.4 is 10.6 Å². The zero-order chi connectivity index (χ0) is 28.8. The standard InChI is InChI=1S/C28H32N4O8/c1-15-22(31-26(39-15)17-9-4-6-12-20(17)33)24(35)29-14-8-11-19(28(37)38-3)30-25(36)23-16(2)40-27(32-23)18-10-5-7-13-21(18)34/h4-7,9-10,12-13,15-16,19,22-23,33-34H,8,11,14H2,1-3H3,(H,29,35)(H,30,36)/t15-,16-,19?,22+,23?/m1/s1. The number of carbonyl (C=O) groups is 3. The lowest BCUT2D eigenvalue weighted by atomic mass is 10.1. The maximum atomic E-state index is 13.0. The number of methoxy groups -OCH3 is 1. The van der Waals surface area contributed by atoms with E-state index < -0.39 is 42.2 Å². The van der Waals surface area contributed by atoms with Crippen LogP contribution in [0.4, 0.5) is 0 Å². The number of hydrogen-bond acceptors (Lipinski definition) is 10. The van der Waals surface area contributed by atoms with Crippen LogP contribution in [0.25, 0.3) is 0 Å². The first-order valence-corrected chi connectivity index (χ1v) is 12.9. The Balaban J connectivity index is 1.31. The van der Waals surface area contributed by atoms with Crippen molar-refractivity contribution in [2.75, 3.05) is 13.7 Å². The number of hydrogen-bond donors (Lipinski definition) is 4. The molecule has 0 fully saturated rings. The van der Waals surface area contributed by atoms with E-state index in [4.69, 9.17) is 14.2 Å². The van der Waals surface area contributed by atoms with Crippen LogP contribution in [0.15, 0.2) is 58.5 Å². The topological polar surface area (TPSA) is 168 Å². The van der Waals surface area contributed by atoms with Gasteiger partial charge in [0.1, 0.15) is 29.7 Å². The molecule has 0 spiro atoms. The van der Waals surface area contributed by atoms with Crippen molar-refractivity contribution < 1.29 is 38.8 Å². The Bertz CT molecular complexity index is 1330. The van der Waals surface area contributed by atoms with Gasteiger partial charge in [0.15, 0.2) is 12.1 Å². The molecule has 40 heavy (non-hydrogen) atoms. The SMILES string of the molecule is COC(=O)C(CCCNC(=O)[C@H]1N=C(c2ccccc2O)O[C@@H]1C)NC(=O)C1N=C(c2ccccc2O)O[C@@H]1C. The highest BCUT2D eigenvalue weighted by Crippen LogP contribution is 2.25. The Morgan fingerprint density at radius 1 is 0.875 bits per heavy atom. The third kappa shape index (κ3) is 6.33. The molecule has 212 valence electrons. The molecule has 12 nitrogen and oxygen atoms in total. The van der Waals surface area contributed by atoms with Crippen LogP contribution in [-0.2, 0) is 28.6 Å². The number of amides is 2. The maximum Gasteiger partial charge on any atom is 0.328 e. The summed E-state index contributed by atoms with van der Waals surface area (Å²) in [4.78, 5) is 46.7. The average molecular weight is 553 g/mol. The molecule has 2 unspecified atom stereocenters. The highest BCUT2D eigenvalue weighted by Gasteiger charge is 2.37. The summed E-state index contributed by atoms with van der Waals surface area (Å²) in [5.74, 6) is -1.21. The number of ether oxygens (including phenoxy) is 3. The largest absolute Gasteiger partial charge is 0.507 e. The highest BCUT2D eigenvalue weighted by atomic mass is 16.5. The van der Waals surface area contributed by atoms with E-state index in [9.17, 15) is 24.6 Å². The molecule has 0 saturated carbocycles. The lowest BCUT2D eigenvalue weighted by Gasteiger charge is -2.19. The zero-order valence-corrected chi connectivity index (χ0v) is 22.4. The molecule has 12 heteroatoms. The number of aliphatic imine (C=N–C) groups is 2. The lowest BCUT2D eigenvalue weighted by Crippen LogP contribution is -2.47. The molecule has 5 atom stereocenters. The van der Waals surface area contributed by atoms with Crippen molar-refractivity contribution in [3.8, 4) is 11.5 Å². The first kappa shape index (κ1) is 28.4. The van der Waals surface area contributed by atoms with Gasteiger partial charge in [0, 0.05) is 6.54 Å². The zero-order valence-electron chi connectivity index (χ0n) is 22.4. The fraction of sp³-hybridized carbons (Fsp3) is 0.393. The minimum Gasteiger partial charge on any atom is -0.507 e. The predicted molar refractivity (Wildman–Crippen MR) is 144 cm³/mol. The van der Waals surface area contributed by atoms with Gasteiger partial charge in [-0.05, 0) is 51.0 Å². The van der Waals surface area contributed by atoms with Crippen LogP contribution >= 0.6 is 0 Å². The molecule has 2 heterocycles. The van der Waals surface area contributed by atoms with Gasteiger partial charge in [-0.1, -0.05) is 24.3 Å². The van der Waals surface area contributed by atoms with Crippen LogP contribution in [-0.4, -0.2) is 83.8 Å². The number of nitrogens with one attached hydrogen (secondary N) is 2. The molecule has 4 rings (SSSR count). The second-order valence-corrected chi connectivity index (χ2v) is 9.46. The Kier molecular flexibility index (Phi) is 8.87. The quantitative estimate of drug-likeness (QED) is 0.253. The second kappa shape index (κ2) is 12.5. The van der Waals surface area contributed by atoms with Crippen molar-refractivity contribution in [1.29, 1.82) is 0 Å². The van der Waals surface area contributed by atoms with Crippen LogP contribution in [0.5, 0.6) is 11.5 Å². The molecule has 2 aromatic rings. The third-order valence-electron chi connectivity index (χ3n) is 6.57. The van der Waals surface area contributed by atoms with E-state index in [1.807, 2.05) is 0 Å².